The molecule has 1 aromatic heterocycles. The fourth-order valence-electron chi connectivity index (χ4n) is 1.75. The van der Waals surface area contributed by atoms with E-state index in [1.165, 1.54) is 5.69 Å². The van der Waals surface area contributed by atoms with Crippen LogP contribution in [0, 0.1) is 0 Å². The summed E-state index contributed by atoms with van der Waals surface area (Å²) in [5.74, 6) is 0.503. The summed E-state index contributed by atoms with van der Waals surface area (Å²) in [5, 5.41) is 8.06. The van der Waals surface area contributed by atoms with Crippen molar-refractivity contribution in [2.45, 2.75) is 39.7 Å². The molecule has 0 radical (unpaired) electrons. The third kappa shape index (κ3) is 6.03. The van der Waals surface area contributed by atoms with E-state index in [1.807, 2.05) is 6.20 Å². The van der Waals surface area contributed by atoms with Crippen molar-refractivity contribution in [3.05, 3.63) is 24.0 Å². The minimum Gasteiger partial charge on any atom is -0.394 e. The maximum Gasteiger partial charge on any atom is 0.0642 e. The van der Waals surface area contributed by atoms with Gasteiger partial charge in [0.1, 0.15) is 0 Å². The van der Waals surface area contributed by atoms with E-state index in [0.717, 1.165) is 32.0 Å². The van der Waals surface area contributed by atoms with Crippen LogP contribution < -0.4 is 4.90 Å². The Bertz CT molecular complexity index is 341. The molecule has 0 spiro atoms. The highest BCUT2D eigenvalue weighted by molar-refractivity contribution is 5.45. The maximum atomic E-state index is 8.06. The Morgan fingerprint density at radius 2 is 1.74 bits per heavy atom. The molecule has 0 saturated carbocycles. The van der Waals surface area contributed by atoms with Crippen molar-refractivity contribution in [3.8, 4) is 0 Å². The number of hydrogen-bond acceptors (Lipinski definition) is 4. The molecular weight excluding hydrogens is 240 g/mol. The lowest BCUT2D eigenvalue weighted by molar-refractivity contribution is 0.122. The highest BCUT2D eigenvalue weighted by Gasteiger charge is 2.11. The molecule has 1 aliphatic rings. The number of aromatic nitrogens is 1. The van der Waals surface area contributed by atoms with E-state index in [-0.39, 0.29) is 6.10 Å². The number of anilines is 1. The van der Waals surface area contributed by atoms with Gasteiger partial charge < -0.3 is 14.7 Å². The third-order valence-electron chi connectivity index (χ3n) is 2.74. The van der Waals surface area contributed by atoms with Crippen molar-refractivity contribution < 1.29 is 9.84 Å². The van der Waals surface area contributed by atoms with Crippen LogP contribution in [0.2, 0.25) is 0 Å². The van der Waals surface area contributed by atoms with E-state index < -0.39 is 0 Å². The van der Waals surface area contributed by atoms with Crippen molar-refractivity contribution in [2.75, 3.05) is 31.2 Å². The van der Waals surface area contributed by atoms with E-state index in [9.17, 15) is 0 Å². The maximum absolute atomic E-state index is 8.06. The summed E-state index contributed by atoms with van der Waals surface area (Å²) in [5.41, 5.74) is 2.37. The minimum atomic E-state index is -0.167. The number of ether oxygens (including phenoxy) is 1. The van der Waals surface area contributed by atoms with Gasteiger partial charge in [-0.05, 0) is 31.9 Å². The Balaban J connectivity index is 0.000000399. The van der Waals surface area contributed by atoms with Crippen LogP contribution in [-0.2, 0) is 4.74 Å². The second kappa shape index (κ2) is 8.12. The molecule has 0 unspecified atom stereocenters. The van der Waals surface area contributed by atoms with E-state index in [2.05, 4.69) is 35.9 Å². The molecule has 1 N–H and O–H groups in total. The smallest absolute Gasteiger partial charge is 0.0642 e. The van der Waals surface area contributed by atoms with Gasteiger partial charge in [-0.3, -0.25) is 4.98 Å². The predicted octanol–water partition coefficient (Wildman–Crippen LogP) is 2.43. The van der Waals surface area contributed by atoms with Crippen LogP contribution in [-0.4, -0.2) is 42.5 Å². The van der Waals surface area contributed by atoms with E-state index in [4.69, 9.17) is 9.84 Å². The van der Waals surface area contributed by atoms with Gasteiger partial charge in [-0.1, -0.05) is 13.8 Å². The Kier molecular flexibility index (Phi) is 6.81. The topological polar surface area (TPSA) is 45.6 Å². The van der Waals surface area contributed by atoms with Gasteiger partial charge in [-0.2, -0.15) is 0 Å². The zero-order valence-corrected chi connectivity index (χ0v) is 12.5. The zero-order valence-electron chi connectivity index (χ0n) is 12.5. The van der Waals surface area contributed by atoms with Gasteiger partial charge in [0.2, 0.25) is 0 Å². The third-order valence-corrected chi connectivity index (χ3v) is 2.74. The van der Waals surface area contributed by atoms with Gasteiger partial charge in [-0.15, -0.1) is 0 Å². The molecule has 0 aromatic carbocycles. The zero-order chi connectivity index (χ0) is 14.3. The highest BCUT2D eigenvalue weighted by atomic mass is 16.5. The number of aliphatic hydroxyl groups excluding tert-OH is 1. The fraction of sp³-hybridized carbons (Fsp3) is 0.667. The minimum absolute atomic E-state index is 0.167. The van der Waals surface area contributed by atoms with E-state index in [0.29, 0.717) is 5.92 Å². The largest absolute Gasteiger partial charge is 0.394 e. The molecule has 2 rings (SSSR count). The van der Waals surface area contributed by atoms with Gasteiger partial charge in [0, 0.05) is 24.9 Å². The second-order valence-corrected chi connectivity index (χ2v) is 5.29. The molecule has 4 nitrogen and oxygen atoms in total. The van der Waals surface area contributed by atoms with Gasteiger partial charge >= 0.3 is 0 Å². The first kappa shape index (κ1) is 15.9. The average Bonchev–Trinajstić information content (AvgIpc) is 2.39. The van der Waals surface area contributed by atoms with Gasteiger partial charge in [-0.25, -0.2) is 0 Å². The number of aliphatic hydroxyl groups is 1. The summed E-state index contributed by atoms with van der Waals surface area (Å²) in [6.07, 6.45) is 1.81. The molecule has 0 bridgehead atoms. The van der Waals surface area contributed by atoms with Crippen LogP contribution in [0.3, 0.4) is 0 Å². The number of nitrogens with zero attached hydrogens (tertiary/aromatic N) is 2. The molecule has 0 aliphatic carbocycles. The fourth-order valence-corrected chi connectivity index (χ4v) is 1.75. The summed E-state index contributed by atoms with van der Waals surface area (Å²) in [6, 6.07) is 4.28. The van der Waals surface area contributed by atoms with E-state index >= 15 is 0 Å². The Morgan fingerprint density at radius 3 is 2.16 bits per heavy atom. The Labute approximate surface area is 116 Å². The van der Waals surface area contributed by atoms with Crippen LogP contribution in [0.4, 0.5) is 5.69 Å². The summed E-state index contributed by atoms with van der Waals surface area (Å²) in [4.78, 5) is 6.79. The predicted molar refractivity (Wildman–Crippen MR) is 78.7 cm³/mol. The molecule has 0 atom stereocenters. The van der Waals surface area contributed by atoms with Crippen LogP contribution in [0.15, 0.2) is 18.3 Å². The number of pyridine rings is 1. The molecule has 1 aromatic rings. The van der Waals surface area contributed by atoms with E-state index in [1.54, 1.807) is 13.8 Å². The molecular formula is C15H26N2O2. The quantitative estimate of drug-likeness (QED) is 0.893. The lowest BCUT2D eigenvalue weighted by atomic mass is 10.1. The molecule has 4 heteroatoms. The molecule has 1 saturated heterocycles. The lowest BCUT2D eigenvalue weighted by Crippen LogP contribution is -2.36. The summed E-state index contributed by atoms with van der Waals surface area (Å²) in [6.45, 7) is 11.4. The van der Waals surface area contributed by atoms with Gasteiger partial charge in [0.25, 0.3) is 0 Å². The number of morpholine rings is 1. The summed E-state index contributed by atoms with van der Waals surface area (Å²) >= 11 is 0. The summed E-state index contributed by atoms with van der Waals surface area (Å²) in [7, 11) is 0. The molecule has 0 amide bonds. The van der Waals surface area contributed by atoms with Crippen molar-refractivity contribution >= 4 is 5.69 Å². The standard InChI is InChI=1S/C12H18N2O.C3H8O/c1-10(2)12-4-3-11(9-13-12)14-5-7-15-8-6-14;1-3(2)4/h3-4,9-10H,5-8H2,1-2H3;3-4H,1-2H3. The van der Waals surface area contributed by atoms with Crippen LogP contribution >= 0.6 is 0 Å². The normalized spacial score (nSPS) is 15.4. The first-order valence-electron chi connectivity index (χ1n) is 6.97. The van der Waals surface area contributed by atoms with Crippen LogP contribution in [0.25, 0.3) is 0 Å². The number of rotatable bonds is 2. The molecule has 108 valence electrons. The van der Waals surface area contributed by atoms with Crippen LogP contribution in [0.5, 0.6) is 0 Å². The monoisotopic (exact) mass is 266 g/mol. The second-order valence-electron chi connectivity index (χ2n) is 5.29. The molecule has 1 aliphatic heterocycles. The van der Waals surface area contributed by atoms with Crippen molar-refractivity contribution in [1.82, 2.24) is 4.98 Å². The Morgan fingerprint density at radius 1 is 1.16 bits per heavy atom. The first-order valence-corrected chi connectivity index (χ1v) is 6.97. The molecule has 1 fully saturated rings. The molecule has 2 heterocycles. The molecule has 19 heavy (non-hydrogen) atoms. The van der Waals surface area contributed by atoms with Crippen molar-refractivity contribution in [1.29, 1.82) is 0 Å². The first-order chi connectivity index (χ1) is 9.00. The lowest BCUT2D eigenvalue weighted by Gasteiger charge is -2.28. The van der Waals surface area contributed by atoms with Crippen molar-refractivity contribution in [2.24, 2.45) is 0 Å². The highest BCUT2D eigenvalue weighted by Crippen LogP contribution is 2.17. The van der Waals surface area contributed by atoms with Gasteiger partial charge in [0.05, 0.1) is 25.1 Å². The van der Waals surface area contributed by atoms with Crippen molar-refractivity contribution in [3.63, 3.8) is 0 Å². The SMILES string of the molecule is CC(C)O.CC(C)c1ccc(N2CCOCC2)cn1. The van der Waals surface area contributed by atoms with Crippen LogP contribution in [0.1, 0.15) is 39.3 Å². The summed E-state index contributed by atoms with van der Waals surface area (Å²) < 4.78 is 5.32. The number of hydrogen-bond donors (Lipinski definition) is 1. The Hall–Kier alpha value is -1.13. The van der Waals surface area contributed by atoms with Gasteiger partial charge in [0.15, 0.2) is 0 Å². The average molecular weight is 266 g/mol.